The van der Waals surface area contributed by atoms with Crippen LogP contribution in [-0.2, 0) is 0 Å². The molecule has 5 heteroatoms. The molecule has 0 radical (unpaired) electrons. The van der Waals surface area contributed by atoms with E-state index in [1.54, 1.807) is 18.2 Å². The summed E-state index contributed by atoms with van der Waals surface area (Å²) >= 11 is 5.68. The van der Waals surface area contributed by atoms with Crippen molar-refractivity contribution < 1.29 is 9.90 Å². The zero-order valence-corrected chi connectivity index (χ0v) is 10.4. The third kappa shape index (κ3) is 2.78. The van der Waals surface area contributed by atoms with Gasteiger partial charge in [0.15, 0.2) is 0 Å². The first-order valence-electron chi connectivity index (χ1n) is 5.29. The number of aromatic hydroxyl groups is 1. The van der Waals surface area contributed by atoms with Crippen LogP contribution in [0.3, 0.4) is 0 Å². The van der Waals surface area contributed by atoms with Crippen molar-refractivity contribution in [2.45, 2.75) is 6.92 Å². The second kappa shape index (κ2) is 5.06. The van der Waals surface area contributed by atoms with Crippen LogP contribution < -0.4 is 5.32 Å². The number of carbonyl (C=O) groups is 1. The average Bonchev–Trinajstić information content (AvgIpc) is 2.34. The van der Waals surface area contributed by atoms with E-state index >= 15 is 0 Å². The average molecular weight is 263 g/mol. The van der Waals surface area contributed by atoms with Crippen LogP contribution in [0.4, 0.5) is 5.69 Å². The Hall–Kier alpha value is -2.07. The highest BCUT2D eigenvalue weighted by molar-refractivity contribution is 6.32. The lowest BCUT2D eigenvalue weighted by molar-refractivity contribution is 0.102. The van der Waals surface area contributed by atoms with Crippen molar-refractivity contribution in [1.82, 2.24) is 4.98 Å². The van der Waals surface area contributed by atoms with E-state index in [1.165, 1.54) is 18.3 Å². The summed E-state index contributed by atoms with van der Waals surface area (Å²) in [5.41, 5.74) is 1.77. The first-order chi connectivity index (χ1) is 8.56. The molecule has 1 heterocycles. The molecule has 0 unspecified atom stereocenters. The number of phenolic OH excluding ortho intramolecular Hbond substituents is 1. The number of aryl methyl sites for hydroxylation is 1. The van der Waals surface area contributed by atoms with E-state index in [1.807, 2.05) is 6.92 Å². The van der Waals surface area contributed by atoms with Crippen LogP contribution >= 0.6 is 11.6 Å². The molecule has 92 valence electrons. The Labute approximate surface area is 109 Å². The smallest absolute Gasteiger partial charge is 0.257 e. The molecule has 0 bridgehead atoms. The number of pyridine rings is 1. The van der Waals surface area contributed by atoms with Crippen molar-refractivity contribution in [2.24, 2.45) is 0 Å². The number of nitrogens with one attached hydrogen (secondary N) is 1. The minimum atomic E-state index is -0.288. The Balaban J connectivity index is 2.16. The Morgan fingerprint density at radius 1 is 1.33 bits per heavy atom. The molecule has 1 amide bonds. The lowest BCUT2D eigenvalue weighted by atomic mass is 10.2. The molecule has 0 aliphatic heterocycles. The first-order valence-corrected chi connectivity index (χ1v) is 5.66. The second-order valence-corrected chi connectivity index (χ2v) is 4.22. The zero-order chi connectivity index (χ0) is 13.1. The minimum absolute atomic E-state index is 0.0727. The standard InChI is InChI=1S/C13H11ClN2O2/c1-8-2-3-9(7-15-8)13(18)16-10-4-5-11(14)12(17)6-10/h2-7,17H,1H3,(H,16,18). The zero-order valence-electron chi connectivity index (χ0n) is 9.64. The number of halogens is 1. The first kappa shape index (κ1) is 12.4. The maximum atomic E-state index is 11.9. The predicted molar refractivity (Wildman–Crippen MR) is 70.0 cm³/mol. The summed E-state index contributed by atoms with van der Waals surface area (Å²) in [6.45, 7) is 1.85. The van der Waals surface area contributed by atoms with Gasteiger partial charge in [-0.2, -0.15) is 0 Å². The van der Waals surface area contributed by atoms with E-state index < -0.39 is 0 Å². The monoisotopic (exact) mass is 262 g/mol. The fourth-order valence-electron chi connectivity index (χ4n) is 1.40. The minimum Gasteiger partial charge on any atom is -0.506 e. The molecule has 0 spiro atoms. The van der Waals surface area contributed by atoms with Gasteiger partial charge in [-0.15, -0.1) is 0 Å². The Morgan fingerprint density at radius 2 is 2.11 bits per heavy atom. The van der Waals surface area contributed by atoms with Gasteiger partial charge in [0.25, 0.3) is 5.91 Å². The summed E-state index contributed by atoms with van der Waals surface area (Å²) in [7, 11) is 0. The molecule has 2 aromatic rings. The number of benzene rings is 1. The van der Waals surface area contributed by atoms with Gasteiger partial charge in [-0.3, -0.25) is 9.78 Å². The van der Waals surface area contributed by atoms with Crippen LogP contribution in [0.15, 0.2) is 36.5 Å². The van der Waals surface area contributed by atoms with Crippen molar-refractivity contribution in [3.8, 4) is 5.75 Å². The maximum Gasteiger partial charge on any atom is 0.257 e. The van der Waals surface area contributed by atoms with Crippen molar-refractivity contribution >= 4 is 23.2 Å². The third-order valence-electron chi connectivity index (χ3n) is 2.38. The van der Waals surface area contributed by atoms with Crippen molar-refractivity contribution in [3.63, 3.8) is 0 Å². The number of carbonyl (C=O) groups excluding carboxylic acids is 1. The summed E-state index contributed by atoms with van der Waals surface area (Å²) < 4.78 is 0. The molecule has 0 aliphatic rings. The van der Waals surface area contributed by atoms with Crippen LogP contribution in [-0.4, -0.2) is 16.0 Å². The Kier molecular flexibility index (Phi) is 3.48. The SMILES string of the molecule is Cc1ccc(C(=O)Nc2ccc(Cl)c(O)c2)cn1. The fraction of sp³-hybridized carbons (Fsp3) is 0.0769. The predicted octanol–water partition coefficient (Wildman–Crippen LogP) is 3.00. The van der Waals surface area contributed by atoms with Gasteiger partial charge in [-0.1, -0.05) is 11.6 Å². The number of anilines is 1. The van der Waals surface area contributed by atoms with Crippen LogP contribution in [0, 0.1) is 6.92 Å². The lowest BCUT2D eigenvalue weighted by Gasteiger charge is -2.06. The summed E-state index contributed by atoms with van der Waals surface area (Å²) in [5.74, 6) is -0.360. The number of amides is 1. The van der Waals surface area contributed by atoms with E-state index in [9.17, 15) is 9.90 Å². The lowest BCUT2D eigenvalue weighted by Crippen LogP contribution is -2.12. The topological polar surface area (TPSA) is 62.2 Å². The quantitative estimate of drug-likeness (QED) is 0.875. The van der Waals surface area contributed by atoms with Gasteiger partial charge in [0.1, 0.15) is 5.75 Å². The van der Waals surface area contributed by atoms with Gasteiger partial charge in [-0.25, -0.2) is 0 Å². The number of aromatic nitrogens is 1. The molecular weight excluding hydrogens is 252 g/mol. The summed E-state index contributed by atoms with van der Waals surface area (Å²) in [6.07, 6.45) is 1.50. The third-order valence-corrected chi connectivity index (χ3v) is 2.70. The van der Waals surface area contributed by atoms with E-state index in [2.05, 4.69) is 10.3 Å². The second-order valence-electron chi connectivity index (χ2n) is 3.81. The molecule has 2 N–H and O–H groups in total. The van der Waals surface area contributed by atoms with E-state index in [-0.39, 0.29) is 16.7 Å². The Morgan fingerprint density at radius 3 is 2.72 bits per heavy atom. The van der Waals surface area contributed by atoms with Gasteiger partial charge in [-0.05, 0) is 31.2 Å². The van der Waals surface area contributed by atoms with Crippen LogP contribution in [0.1, 0.15) is 16.1 Å². The molecular formula is C13H11ClN2O2. The number of nitrogens with zero attached hydrogens (tertiary/aromatic N) is 1. The summed E-state index contributed by atoms with van der Waals surface area (Å²) in [6, 6.07) is 7.96. The molecule has 2 rings (SSSR count). The van der Waals surface area contributed by atoms with Crippen molar-refractivity contribution in [2.75, 3.05) is 5.32 Å². The molecule has 0 fully saturated rings. The van der Waals surface area contributed by atoms with Crippen LogP contribution in [0.5, 0.6) is 5.75 Å². The van der Waals surface area contributed by atoms with Crippen LogP contribution in [0.25, 0.3) is 0 Å². The van der Waals surface area contributed by atoms with Gasteiger partial charge >= 0.3 is 0 Å². The Bertz CT molecular complexity index is 582. The van der Waals surface area contributed by atoms with Gasteiger partial charge in [0, 0.05) is 23.6 Å². The maximum absolute atomic E-state index is 11.9. The number of hydrogen-bond donors (Lipinski definition) is 2. The molecule has 18 heavy (non-hydrogen) atoms. The highest BCUT2D eigenvalue weighted by Crippen LogP contribution is 2.26. The molecule has 4 nitrogen and oxygen atoms in total. The molecule has 1 aromatic heterocycles. The van der Waals surface area contributed by atoms with Crippen LogP contribution in [0.2, 0.25) is 5.02 Å². The number of phenols is 1. The molecule has 0 saturated carbocycles. The van der Waals surface area contributed by atoms with Crippen molar-refractivity contribution in [1.29, 1.82) is 0 Å². The van der Waals surface area contributed by atoms with Crippen molar-refractivity contribution in [3.05, 3.63) is 52.8 Å². The number of rotatable bonds is 2. The summed E-state index contributed by atoms with van der Waals surface area (Å²) in [5, 5.41) is 12.3. The number of hydrogen-bond acceptors (Lipinski definition) is 3. The van der Waals surface area contributed by atoms with E-state index in [4.69, 9.17) is 11.6 Å². The normalized spacial score (nSPS) is 10.1. The largest absolute Gasteiger partial charge is 0.506 e. The summed E-state index contributed by atoms with van der Waals surface area (Å²) in [4.78, 5) is 15.9. The molecule has 0 atom stereocenters. The van der Waals surface area contributed by atoms with Gasteiger partial charge in [0.05, 0.1) is 10.6 Å². The molecule has 1 aromatic carbocycles. The highest BCUT2D eigenvalue weighted by atomic mass is 35.5. The fourth-order valence-corrected chi connectivity index (χ4v) is 1.51. The van der Waals surface area contributed by atoms with Gasteiger partial charge < -0.3 is 10.4 Å². The molecule has 0 aliphatic carbocycles. The van der Waals surface area contributed by atoms with Gasteiger partial charge in [0.2, 0.25) is 0 Å². The van der Waals surface area contributed by atoms with E-state index in [0.29, 0.717) is 11.3 Å². The molecule has 0 saturated heterocycles. The van der Waals surface area contributed by atoms with E-state index in [0.717, 1.165) is 5.69 Å². The highest BCUT2D eigenvalue weighted by Gasteiger charge is 2.07.